The van der Waals surface area contributed by atoms with E-state index in [1.807, 2.05) is 0 Å². The van der Waals surface area contributed by atoms with Crippen LogP contribution in [0.25, 0.3) is 11.3 Å². The number of hydrogen-bond acceptors (Lipinski definition) is 9. The summed E-state index contributed by atoms with van der Waals surface area (Å²) in [6.45, 7) is 3.00. The highest BCUT2D eigenvalue weighted by Crippen LogP contribution is 2.44. The van der Waals surface area contributed by atoms with E-state index in [0.29, 0.717) is 24.8 Å². The van der Waals surface area contributed by atoms with Crippen molar-refractivity contribution in [3.05, 3.63) is 47.1 Å². The van der Waals surface area contributed by atoms with Crippen molar-refractivity contribution >= 4 is 34.4 Å². The van der Waals surface area contributed by atoms with Gasteiger partial charge in [-0.05, 0) is 38.1 Å². The Morgan fingerprint density at radius 3 is 2.63 bits per heavy atom. The van der Waals surface area contributed by atoms with E-state index in [0.717, 1.165) is 50.2 Å². The number of likely N-dealkylation sites (N-methyl/N-ethyl adjacent to an activating group) is 1. The third-order valence-corrected chi connectivity index (χ3v) is 10.3. The Kier molecular flexibility index (Phi) is 8.42. The highest BCUT2D eigenvalue weighted by atomic mass is 32.1. The SMILES string of the molecule is CN1CCN(c2nc(-c3ccc(C(=O)NC(C=O)(C4CCCC4)N4CC(/C(F)=C/F)C5OCC(=O)C54)cc3F)cs2)CC1. The molecule has 4 heterocycles. The van der Waals surface area contributed by atoms with Gasteiger partial charge in [0.25, 0.3) is 5.91 Å². The van der Waals surface area contributed by atoms with Gasteiger partial charge in [-0.25, -0.2) is 18.2 Å². The molecule has 1 aromatic heterocycles. The van der Waals surface area contributed by atoms with Crippen molar-refractivity contribution in [1.29, 1.82) is 0 Å². The van der Waals surface area contributed by atoms with Gasteiger partial charge in [-0.15, -0.1) is 11.3 Å². The van der Waals surface area contributed by atoms with Gasteiger partial charge >= 0.3 is 0 Å². The second kappa shape index (κ2) is 12.1. The Labute approximate surface area is 251 Å². The van der Waals surface area contributed by atoms with Crippen molar-refractivity contribution in [2.45, 2.75) is 43.5 Å². The highest BCUT2D eigenvalue weighted by molar-refractivity contribution is 7.14. The molecule has 0 spiro atoms. The van der Waals surface area contributed by atoms with Gasteiger partial charge in [-0.3, -0.25) is 19.3 Å². The number of likely N-dealkylation sites (tertiary alicyclic amines) is 1. The number of piperazine rings is 1. The van der Waals surface area contributed by atoms with Crippen LogP contribution in [0.4, 0.5) is 18.3 Å². The maximum Gasteiger partial charge on any atom is 0.253 e. The summed E-state index contributed by atoms with van der Waals surface area (Å²) in [5.74, 6) is -4.30. The molecule has 4 fully saturated rings. The number of amides is 1. The number of Topliss-reactive ketones (excluding diaryl/α,β-unsaturated/α-hetero) is 1. The number of ketones is 1. The number of benzene rings is 1. The zero-order valence-corrected chi connectivity index (χ0v) is 24.6. The minimum absolute atomic E-state index is 0.0175. The average molecular weight is 618 g/mol. The van der Waals surface area contributed by atoms with Crippen molar-refractivity contribution in [1.82, 2.24) is 20.1 Å². The van der Waals surface area contributed by atoms with Crippen LogP contribution in [-0.4, -0.2) is 96.9 Å². The molecule has 1 saturated carbocycles. The van der Waals surface area contributed by atoms with Crippen molar-refractivity contribution in [3.63, 3.8) is 0 Å². The smallest absolute Gasteiger partial charge is 0.253 e. The number of thiazole rings is 1. The van der Waals surface area contributed by atoms with Crippen LogP contribution in [-0.2, 0) is 14.3 Å². The number of anilines is 1. The zero-order chi connectivity index (χ0) is 30.3. The first-order valence-corrected chi connectivity index (χ1v) is 15.5. The van der Waals surface area contributed by atoms with Crippen LogP contribution in [0, 0.1) is 17.7 Å². The van der Waals surface area contributed by atoms with Crippen LogP contribution >= 0.6 is 11.3 Å². The summed E-state index contributed by atoms with van der Waals surface area (Å²) in [4.78, 5) is 50.1. The van der Waals surface area contributed by atoms with E-state index in [4.69, 9.17) is 4.74 Å². The number of rotatable bonds is 8. The number of fused-ring (bicyclic) bond motifs is 1. The van der Waals surface area contributed by atoms with Crippen molar-refractivity contribution in [2.24, 2.45) is 11.8 Å². The standard InChI is InChI=1S/C30H34F3N5O4S/c1-36-8-10-37(11-9-36)29-34-24(16-43-29)20-7-6-18(12-22(20)32)28(41)35-30(17-39,19-4-2-3-5-19)38-14-21(23(33)13-31)27-26(38)25(40)15-42-27/h6-7,12-13,16-17,19,21,26-27H,2-5,8-11,14-15H2,1H3,(H,35,41)/b23-13-. The van der Waals surface area contributed by atoms with Gasteiger partial charge in [-0.1, -0.05) is 12.8 Å². The van der Waals surface area contributed by atoms with E-state index in [1.165, 1.54) is 28.4 Å². The third kappa shape index (κ3) is 5.41. The minimum Gasteiger partial charge on any atom is -0.367 e. The number of halogens is 3. The first kappa shape index (κ1) is 29.9. The fourth-order valence-corrected chi connectivity index (χ4v) is 7.86. The number of nitrogens with one attached hydrogen (secondary N) is 1. The quantitative estimate of drug-likeness (QED) is 0.450. The summed E-state index contributed by atoms with van der Waals surface area (Å²) in [7, 11) is 2.07. The lowest BCUT2D eigenvalue weighted by Crippen LogP contribution is -2.68. The van der Waals surface area contributed by atoms with E-state index < -0.39 is 41.3 Å². The molecule has 1 aromatic carbocycles. The van der Waals surface area contributed by atoms with E-state index in [1.54, 1.807) is 5.38 Å². The van der Waals surface area contributed by atoms with Crippen molar-refractivity contribution in [3.8, 4) is 11.3 Å². The average Bonchev–Trinajstić information content (AvgIpc) is 3.83. The van der Waals surface area contributed by atoms with Gasteiger partial charge in [0.2, 0.25) is 0 Å². The fourth-order valence-electron chi connectivity index (χ4n) is 6.98. The number of carbonyl (C=O) groups excluding carboxylic acids is 3. The summed E-state index contributed by atoms with van der Waals surface area (Å²) >= 11 is 1.44. The summed E-state index contributed by atoms with van der Waals surface area (Å²) < 4.78 is 48.8. The molecule has 1 aliphatic carbocycles. The molecule has 1 N–H and O–H groups in total. The number of aromatic nitrogens is 1. The Balaban J connectivity index is 1.27. The molecule has 3 aliphatic heterocycles. The van der Waals surface area contributed by atoms with Crippen molar-refractivity contribution in [2.75, 3.05) is 51.3 Å². The third-order valence-electron chi connectivity index (χ3n) is 9.36. The van der Waals surface area contributed by atoms with Crippen LogP contribution in [0.5, 0.6) is 0 Å². The molecule has 1 amide bonds. The first-order valence-electron chi connectivity index (χ1n) is 14.6. The van der Waals surface area contributed by atoms with Crippen molar-refractivity contribution < 1.29 is 32.3 Å². The van der Waals surface area contributed by atoms with Gasteiger partial charge < -0.3 is 19.9 Å². The molecule has 4 atom stereocenters. The van der Waals surface area contributed by atoms with E-state index in [9.17, 15) is 23.2 Å². The summed E-state index contributed by atoms with van der Waals surface area (Å²) in [6, 6.07) is 3.04. The molecule has 2 aromatic rings. The predicted octanol–water partition coefficient (Wildman–Crippen LogP) is 3.56. The Hall–Kier alpha value is -3.13. The number of hydrogen-bond donors (Lipinski definition) is 1. The van der Waals surface area contributed by atoms with Crippen LogP contribution < -0.4 is 10.2 Å². The molecular weight excluding hydrogens is 583 g/mol. The normalized spacial score (nSPS) is 27.0. The lowest BCUT2D eigenvalue weighted by molar-refractivity contribution is -0.131. The zero-order valence-electron chi connectivity index (χ0n) is 23.8. The maximum atomic E-state index is 15.5. The molecule has 0 bridgehead atoms. The Morgan fingerprint density at radius 1 is 1.21 bits per heavy atom. The second-order valence-electron chi connectivity index (χ2n) is 11.8. The number of ether oxygens (including phenoxy) is 1. The molecule has 9 nitrogen and oxygen atoms in total. The van der Waals surface area contributed by atoms with Gasteiger partial charge in [0.15, 0.2) is 22.9 Å². The van der Waals surface area contributed by atoms with Gasteiger partial charge in [0.1, 0.15) is 30.6 Å². The molecule has 6 rings (SSSR count). The van der Waals surface area contributed by atoms with Gasteiger partial charge in [0, 0.05) is 55.1 Å². The van der Waals surface area contributed by atoms with Gasteiger partial charge in [0.05, 0.1) is 17.7 Å². The summed E-state index contributed by atoms with van der Waals surface area (Å²) in [6.07, 6.45) is 2.22. The number of aldehydes is 1. The highest BCUT2D eigenvalue weighted by Gasteiger charge is 2.60. The maximum absolute atomic E-state index is 15.5. The molecule has 0 radical (unpaired) electrons. The van der Waals surface area contributed by atoms with Crippen LogP contribution in [0.15, 0.2) is 35.7 Å². The number of carbonyl (C=O) groups is 3. The first-order chi connectivity index (χ1) is 20.8. The monoisotopic (exact) mass is 617 g/mol. The van der Waals surface area contributed by atoms with Crippen LogP contribution in [0.1, 0.15) is 36.0 Å². The number of nitrogens with zero attached hydrogens (tertiary/aromatic N) is 4. The fraction of sp³-hybridized carbons (Fsp3) is 0.533. The molecule has 4 unspecified atom stereocenters. The van der Waals surface area contributed by atoms with Gasteiger partial charge in [-0.2, -0.15) is 0 Å². The molecule has 4 aliphatic rings. The van der Waals surface area contributed by atoms with E-state index in [-0.39, 0.29) is 42.3 Å². The molecule has 43 heavy (non-hydrogen) atoms. The summed E-state index contributed by atoms with van der Waals surface area (Å²) in [5.41, 5.74) is -0.991. The van der Waals surface area contributed by atoms with Crippen LogP contribution in [0.3, 0.4) is 0 Å². The van der Waals surface area contributed by atoms with Crippen LogP contribution in [0.2, 0.25) is 0 Å². The lowest BCUT2D eigenvalue weighted by atomic mass is 9.88. The van der Waals surface area contributed by atoms with E-state index >= 15 is 4.39 Å². The predicted molar refractivity (Wildman–Crippen MR) is 154 cm³/mol. The summed E-state index contributed by atoms with van der Waals surface area (Å²) in [5, 5.41) is 5.41. The Morgan fingerprint density at radius 2 is 1.95 bits per heavy atom. The second-order valence-corrected chi connectivity index (χ2v) is 12.7. The largest absolute Gasteiger partial charge is 0.367 e. The topological polar surface area (TPSA) is 95.1 Å². The van der Waals surface area contributed by atoms with E-state index in [2.05, 4.69) is 27.1 Å². The molecule has 13 heteroatoms. The molecular formula is C30H34F3N5O4S. The minimum atomic E-state index is -1.69. The molecule has 230 valence electrons. The lowest BCUT2D eigenvalue weighted by Gasteiger charge is -2.44. The molecule has 3 saturated heterocycles. The Bertz CT molecular complexity index is 1420.